The molecule has 0 aromatic heterocycles. The number of anilines is 1. The lowest BCUT2D eigenvalue weighted by atomic mass is 9.95. The number of nitrogens with zero attached hydrogens (tertiary/aromatic N) is 1. The fourth-order valence-electron chi connectivity index (χ4n) is 3.99. The molecule has 7 heteroatoms. The molecule has 3 aromatic rings. The van der Waals surface area contributed by atoms with Gasteiger partial charge in [-0.2, -0.15) is 0 Å². The second-order valence-corrected chi connectivity index (χ2v) is 7.99. The summed E-state index contributed by atoms with van der Waals surface area (Å²) in [5.74, 6) is -0.751. The van der Waals surface area contributed by atoms with Crippen LogP contribution in [0, 0.1) is 0 Å². The Balaban J connectivity index is 1.87. The summed E-state index contributed by atoms with van der Waals surface area (Å²) in [4.78, 5) is 27.9. The van der Waals surface area contributed by atoms with Crippen LogP contribution in [0.25, 0.3) is 5.76 Å². The van der Waals surface area contributed by atoms with Gasteiger partial charge in [0.05, 0.1) is 29.9 Å². The predicted molar refractivity (Wildman–Crippen MR) is 131 cm³/mol. The first kappa shape index (κ1) is 23.4. The Morgan fingerprint density at radius 1 is 0.941 bits per heavy atom. The summed E-state index contributed by atoms with van der Waals surface area (Å²) in [6.45, 7) is 4.60. The first-order chi connectivity index (χ1) is 16.5. The third-order valence-corrected chi connectivity index (χ3v) is 5.80. The summed E-state index contributed by atoms with van der Waals surface area (Å²) in [6, 6.07) is 20.0. The molecule has 1 atom stereocenters. The molecule has 1 fully saturated rings. The van der Waals surface area contributed by atoms with Gasteiger partial charge in [0, 0.05) is 11.3 Å². The van der Waals surface area contributed by atoms with E-state index in [9.17, 15) is 14.7 Å². The van der Waals surface area contributed by atoms with Gasteiger partial charge in [0.15, 0.2) is 0 Å². The standard InChI is InChI=1S/C27H24ClNO5/c1-3-33-20-13-11-19(12-14-20)29-24(17-8-6-5-7-9-17)23(26(31)27(29)32)25(30)18-10-15-21(28)22(16-18)34-4-2/h5-16,24,30H,3-4H2,1-2H3/b25-23-. The van der Waals surface area contributed by atoms with Crippen LogP contribution in [0.5, 0.6) is 11.5 Å². The molecular weight excluding hydrogens is 454 g/mol. The number of amides is 1. The van der Waals surface area contributed by atoms with Crippen LogP contribution < -0.4 is 14.4 Å². The largest absolute Gasteiger partial charge is 0.507 e. The second-order valence-electron chi connectivity index (χ2n) is 7.58. The molecule has 0 aliphatic carbocycles. The molecule has 3 aromatic carbocycles. The average Bonchev–Trinajstić information content (AvgIpc) is 3.12. The Kier molecular flexibility index (Phi) is 6.89. The van der Waals surface area contributed by atoms with Crippen molar-refractivity contribution in [2.75, 3.05) is 18.1 Å². The molecule has 1 aliphatic heterocycles. The Morgan fingerprint density at radius 2 is 1.62 bits per heavy atom. The van der Waals surface area contributed by atoms with Crippen LogP contribution in [0.2, 0.25) is 5.02 Å². The van der Waals surface area contributed by atoms with E-state index in [1.54, 1.807) is 42.5 Å². The SMILES string of the molecule is CCOc1ccc(N2C(=O)C(=O)/C(=C(\O)c3ccc(Cl)c(OCC)c3)C2c2ccccc2)cc1. The monoisotopic (exact) mass is 477 g/mol. The molecular formula is C27H24ClNO5. The van der Waals surface area contributed by atoms with Gasteiger partial charge in [-0.1, -0.05) is 41.9 Å². The van der Waals surface area contributed by atoms with Crippen LogP contribution in [-0.4, -0.2) is 30.0 Å². The zero-order valence-corrected chi connectivity index (χ0v) is 19.6. The number of aliphatic hydroxyl groups excluding tert-OH is 1. The predicted octanol–water partition coefficient (Wildman–Crippen LogP) is 5.76. The lowest BCUT2D eigenvalue weighted by Gasteiger charge is -2.25. The zero-order chi connectivity index (χ0) is 24.2. The summed E-state index contributed by atoms with van der Waals surface area (Å²) < 4.78 is 11.0. The van der Waals surface area contributed by atoms with Gasteiger partial charge in [0.1, 0.15) is 17.3 Å². The summed E-state index contributed by atoms with van der Waals surface area (Å²) in [5, 5.41) is 11.6. The fraction of sp³-hybridized carbons (Fsp3) is 0.185. The number of hydrogen-bond acceptors (Lipinski definition) is 5. The van der Waals surface area contributed by atoms with Gasteiger partial charge in [-0.05, 0) is 61.9 Å². The highest BCUT2D eigenvalue weighted by molar-refractivity contribution is 6.51. The number of aliphatic hydroxyl groups is 1. The van der Waals surface area contributed by atoms with Gasteiger partial charge in [-0.15, -0.1) is 0 Å². The highest BCUT2D eigenvalue weighted by atomic mass is 35.5. The molecule has 6 nitrogen and oxygen atoms in total. The van der Waals surface area contributed by atoms with Crippen LogP contribution in [-0.2, 0) is 9.59 Å². The highest BCUT2D eigenvalue weighted by Gasteiger charge is 2.47. The molecule has 0 spiro atoms. The number of benzene rings is 3. The van der Waals surface area contributed by atoms with Crippen molar-refractivity contribution < 1.29 is 24.2 Å². The smallest absolute Gasteiger partial charge is 0.300 e. The number of rotatable bonds is 7. The van der Waals surface area contributed by atoms with Crippen LogP contribution in [0.15, 0.2) is 78.4 Å². The maximum absolute atomic E-state index is 13.2. The Morgan fingerprint density at radius 3 is 2.26 bits per heavy atom. The van der Waals surface area contributed by atoms with Crippen LogP contribution in [0.3, 0.4) is 0 Å². The lowest BCUT2D eigenvalue weighted by molar-refractivity contribution is -0.132. The minimum absolute atomic E-state index is 0.00476. The topological polar surface area (TPSA) is 76.1 Å². The quantitative estimate of drug-likeness (QED) is 0.266. The number of carbonyl (C=O) groups is 2. The normalized spacial score (nSPS) is 17.1. The number of carbonyl (C=O) groups excluding carboxylic acids is 2. The van der Waals surface area contributed by atoms with Crippen molar-refractivity contribution >= 4 is 34.7 Å². The molecule has 0 radical (unpaired) electrons. The van der Waals surface area contributed by atoms with E-state index >= 15 is 0 Å². The molecule has 1 saturated heterocycles. The van der Waals surface area contributed by atoms with E-state index in [4.69, 9.17) is 21.1 Å². The van der Waals surface area contributed by atoms with Crippen molar-refractivity contribution in [3.63, 3.8) is 0 Å². The van der Waals surface area contributed by atoms with Crippen molar-refractivity contribution in [2.45, 2.75) is 19.9 Å². The Hall–Kier alpha value is -3.77. The number of ether oxygens (including phenoxy) is 2. The molecule has 0 saturated carbocycles. The zero-order valence-electron chi connectivity index (χ0n) is 18.8. The van der Waals surface area contributed by atoms with Gasteiger partial charge in [-0.3, -0.25) is 14.5 Å². The number of halogens is 1. The van der Waals surface area contributed by atoms with Crippen molar-refractivity contribution in [2.24, 2.45) is 0 Å². The van der Waals surface area contributed by atoms with E-state index in [0.717, 1.165) is 0 Å². The summed E-state index contributed by atoms with van der Waals surface area (Å²) >= 11 is 6.19. The fourth-order valence-corrected chi connectivity index (χ4v) is 4.16. The van der Waals surface area contributed by atoms with Crippen LogP contribution >= 0.6 is 11.6 Å². The third kappa shape index (κ3) is 4.37. The Bertz CT molecular complexity index is 1240. The minimum atomic E-state index is -0.814. The molecule has 1 heterocycles. The number of Topliss-reactive ketones (excluding diaryl/α,β-unsaturated/α-hetero) is 1. The molecule has 1 aliphatic rings. The second kappa shape index (κ2) is 10.0. The molecule has 0 bridgehead atoms. The van der Waals surface area contributed by atoms with Gasteiger partial charge in [-0.25, -0.2) is 0 Å². The van der Waals surface area contributed by atoms with Crippen LogP contribution in [0.1, 0.15) is 31.0 Å². The van der Waals surface area contributed by atoms with E-state index < -0.39 is 17.7 Å². The first-order valence-electron chi connectivity index (χ1n) is 11.0. The van der Waals surface area contributed by atoms with E-state index in [1.165, 1.54) is 4.90 Å². The van der Waals surface area contributed by atoms with Gasteiger partial charge in [0.2, 0.25) is 0 Å². The lowest BCUT2D eigenvalue weighted by Crippen LogP contribution is -2.29. The van der Waals surface area contributed by atoms with Crippen molar-refractivity contribution in [1.29, 1.82) is 0 Å². The molecule has 1 unspecified atom stereocenters. The van der Waals surface area contributed by atoms with E-state index in [2.05, 4.69) is 0 Å². The van der Waals surface area contributed by atoms with Gasteiger partial charge < -0.3 is 14.6 Å². The maximum atomic E-state index is 13.2. The van der Waals surface area contributed by atoms with Gasteiger partial charge in [0.25, 0.3) is 11.7 Å². The molecule has 1 amide bonds. The minimum Gasteiger partial charge on any atom is -0.507 e. The molecule has 174 valence electrons. The van der Waals surface area contributed by atoms with Crippen molar-refractivity contribution in [1.82, 2.24) is 0 Å². The van der Waals surface area contributed by atoms with Crippen molar-refractivity contribution in [3.05, 3.63) is 94.5 Å². The van der Waals surface area contributed by atoms with E-state index in [0.29, 0.717) is 46.5 Å². The van der Waals surface area contributed by atoms with E-state index in [-0.39, 0.29) is 11.3 Å². The number of ketones is 1. The number of hydrogen-bond donors (Lipinski definition) is 1. The highest BCUT2D eigenvalue weighted by Crippen LogP contribution is 2.43. The van der Waals surface area contributed by atoms with Gasteiger partial charge >= 0.3 is 0 Å². The Labute approximate surface area is 203 Å². The average molecular weight is 478 g/mol. The summed E-state index contributed by atoms with van der Waals surface area (Å²) in [6.07, 6.45) is 0. The molecule has 34 heavy (non-hydrogen) atoms. The maximum Gasteiger partial charge on any atom is 0.300 e. The van der Waals surface area contributed by atoms with Crippen molar-refractivity contribution in [3.8, 4) is 11.5 Å². The third-order valence-electron chi connectivity index (χ3n) is 5.49. The van der Waals surface area contributed by atoms with Crippen LogP contribution in [0.4, 0.5) is 5.69 Å². The molecule has 4 rings (SSSR count). The van der Waals surface area contributed by atoms with E-state index in [1.807, 2.05) is 44.2 Å². The molecule has 1 N–H and O–H groups in total. The summed E-state index contributed by atoms with van der Waals surface area (Å²) in [7, 11) is 0. The first-order valence-corrected chi connectivity index (χ1v) is 11.4. The summed E-state index contributed by atoms with van der Waals surface area (Å²) in [5.41, 5.74) is 1.54.